The Morgan fingerprint density at radius 2 is 1.50 bits per heavy atom. The molecular formula is C19H23NO4. The van der Waals surface area contributed by atoms with Gasteiger partial charge in [0.15, 0.2) is 6.23 Å². The van der Waals surface area contributed by atoms with E-state index in [2.05, 4.69) is 0 Å². The Balaban J connectivity index is 1.88. The minimum atomic E-state index is -0.747. The number of carbonyl (C=O) groups excluding carboxylic acids is 1. The number of nitrogens with zero attached hydrogens (tertiary/aromatic N) is 1. The average Bonchev–Trinajstić information content (AvgIpc) is 2.56. The molecule has 1 unspecified atom stereocenters. The zero-order valence-electron chi connectivity index (χ0n) is 14.4. The van der Waals surface area contributed by atoms with Gasteiger partial charge in [0.2, 0.25) is 0 Å². The van der Waals surface area contributed by atoms with Gasteiger partial charge in [0.05, 0.1) is 6.10 Å². The molecule has 5 nitrogen and oxygen atoms in total. The highest BCUT2D eigenvalue weighted by Gasteiger charge is 2.16. The van der Waals surface area contributed by atoms with Crippen LogP contribution in [0, 0.1) is 0 Å². The van der Waals surface area contributed by atoms with Gasteiger partial charge in [-0.3, -0.25) is 0 Å². The quantitative estimate of drug-likeness (QED) is 0.444. The second-order valence-electron chi connectivity index (χ2n) is 5.65. The van der Waals surface area contributed by atoms with Gasteiger partial charge in [-0.2, -0.15) is 0 Å². The smallest absolute Gasteiger partial charge is 0.491 e. The molecule has 0 aliphatic carbocycles. The fraction of sp³-hybridized carbons (Fsp3) is 0.316. The van der Waals surface area contributed by atoms with Crippen molar-refractivity contribution in [3.05, 3.63) is 54.6 Å². The summed E-state index contributed by atoms with van der Waals surface area (Å²) in [5, 5.41) is 0. The van der Waals surface area contributed by atoms with Crippen LogP contribution in [0.15, 0.2) is 54.6 Å². The highest BCUT2D eigenvalue weighted by atomic mass is 16.7. The van der Waals surface area contributed by atoms with Crippen LogP contribution < -0.4 is 14.4 Å². The molecule has 24 heavy (non-hydrogen) atoms. The number of anilines is 1. The van der Waals surface area contributed by atoms with E-state index >= 15 is 0 Å². The minimum absolute atomic E-state index is 0.0936. The normalized spacial score (nSPS) is 11.7. The number of hydrogen-bond acceptors (Lipinski definition) is 5. The molecule has 0 bridgehead atoms. The number of carbonyl (C=O) groups is 1. The van der Waals surface area contributed by atoms with Crippen LogP contribution in [0.3, 0.4) is 0 Å². The van der Waals surface area contributed by atoms with E-state index in [4.69, 9.17) is 14.2 Å². The van der Waals surface area contributed by atoms with E-state index in [0.29, 0.717) is 5.75 Å². The van der Waals surface area contributed by atoms with Crippen molar-refractivity contribution >= 4 is 11.8 Å². The lowest BCUT2D eigenvalue weighted by Gasteiger charge is -2.26. The highest BCUT2D eigenvalue weighted by molar-refractivity contribution is 5.64. The molecule has 128 valence electrons. The lowest BCUT2D eigenvalue weighted by molar-refractivity contribution is 0.0661. The predicted octanol–water partition coefficient (Wildman–Crippen LogP) is 4.47. The van der Waals surface area contributed by atoms with Gasteiger partial charge in [-0.05, 0) is 57.2 Å². The lowest BCUT2D eigenvalue weighted by Crippen LogP contribution is -2.34. The molecule has 0 spiro atoms. The van der Waals surface area contributed by atoms with E-state index < -0.39 is 12.4 Å². The molecule has 0 aromatic heterocycles. The number of rotatable bonds is 6. The maximum absolute atomic E-state index is 11.9. The Morgan fingerprint density at radius 1 is 0.917 bits per heavy atom. The van der Waals surface area contributed by atoms with Crippen molar-refractivity contribution in [2.75, 3.05) is 11.9 Å². The summed E-state index contributed by atoms with van der Waals surface area (Å²) in [7, 11) is 1.85. The van der Waals surface area contributed by atoms with Crippen molar-refractivity contribution in [3.63, 3.8) is 0 Å². The molecule has 0 aliphatic heterocycles. The first-order valence-corrected chi connectivity index (χ1v) is 7.89. The summed E-state index contributed by atoms with van der Waals surface area (Å²) in [5.74, 6) is 1.13. The van der Waals surface area contributed by atoms with E-state index in [1.807, 2.05) is 56.1 Å². The molecule has 0 N–H and O–H groups in total. The van der Waals surface area contributed by atoms with Crippen LogP contribution in [0.4, 0.5) is 10.5 Å². The molecule has 5 heteroatoms. The SMILES string of the molecule is CC(C)Oc1ccc(OC(=O)OC(C)N(C)c2ccccc2)cc1. The number of benzene rings is 2. The van der Waals surface area contributed by atoms with Gasteiger partial charge in [-0.25, -0.2) is 4.79 Å². The Morgan fingerprint density at radius 3 is 2.08 bits per heavy atom. The van der Waals surface area contributed by atoms with Crippen LogP contribution in [-0.2, 0) is 4.74 Å². The molecule has 0 amide bonds. The third-order valence-electron chi connectivity index (χ3n) is 3.37. The van der Waals surface area contributed by atoms with Crippen molar-refractivity contribution in [3.8, 4) is 11.5 Å². The van der Waals surface area contributed by atoms with Crippen molar-refractivity contribution in [2.24, 2.45) is 0 Å². The fourth-order valence-corrected chi connectivity index (χ4v) is 2.07. The van der Waals surface area contributed by atoms with Crippen molar-refractivity contribution in [1.82, 2.24) is 0 Å². The summed E-state index contributed by atoms with van der Waals surface area (Å²) >= 11 is 0. The van der Waals surface area contributed by atoms with Crippen LogP contribution in [0.1, 0.15) is 20.8 Å². The Hall–Kier alpha value is -2.69. The molecule has 2 aromatic carbocycles. The third-order valence-corrected chi connectivity index (χ3v) is 3.37. The van der Waals surface area contributed by atoms with Gasteiger partial charge in [-0.15, -0.1) is 0 Å². The first-order chi connectivity index (χ1) is 11.5. The van der Waals surface area contributed by atoms with Gasteiger partial charge in [0.1, 0.15) is 11.5 Å². The largest absolute Gasteiger partial charge is 0.515 e. The molecule has 0 radical (unpaired) electrons. The van der Waals surface area contributed by atoms with Gasteiger partial charge in [0, 0.05) is 12.7 Å². The lowest BCUT2D eigenvalue weighted by atomic mass is 10.3. The van der Waals surface area contributed by atoms with Crippen LogP contribution in [0.25, 0.3) is 0 Å². The van der Waals surface area contributed by atoms with Crippen LogP contribution in [0.2, 0.25) is 0 Å². The molecule has 0 heterocycles. The van der Waals surface area contributed by atoms with E-state index in [1.54, 1.807) is 31.2 Å². The number of para-hydroxylation sites is 1. The van der Waals surface area contributed by atoms with E-state index in [1.165, 1.54) is 0 Å². The molecule has 1 atom stereocenters. The highest BCUT2D eigenvalue weighted by Crippen LogP contribution is 2.20. The molecule has 0 fully saturated rings. The summed E-state index contributed by atoms with van der Waals surface area (Å²) in [4.78, 5) is 13.8. The average molecular weight is 329 g/mol. The van der Waals surface area contributed by atoms with Gasteiger partial charge in [0.25, 0.3) is 0 Å². The summed E-state index contributed by atoms with van der Waals surface area (Å²) in [6.07, 6.45) is -1.11. The van der Waals surface area contributed by atoms with Crippen LogP contribution >= 0.6 is 0 Å². The molecule has 2 aromatic rings. The molecular weight excluding hydrogens is 306 g/mol. The van der Waals surface area contributed by atoms with Crippen molar-refractivity contribution < 1.29 is 19.0 Å². The van der Waals surface area contributed by atoms with E-state index in [9.17, 15) is 4.79 Å². The summed E-state index contributed by atoms with van der Waals surface area (Å²) in [6.45, 7) is 5.69. The maximum Gasteiger partial charge on any atom is 0.515 e. The predicted molar refractivity (Wildman–Crippen MR) is 93.6 cm³/mol. The molecule has 2 rings (SSSR count). The number of ether oxygens (including phenoxy) is 3. The third kappa shape index (κ3) is 5.19. The summed E-state index contributed by atoms with van der Waals surface area (Å²) < 4.78 is 16.0. The molecule has 0 saturated carbocycles. The Kier molecular flexibility index (Phi) is 6.07. The standard InChI is InChI=1S/C19H23NO4/c1-14(2)22-17-10-12-18(13-11-17)24-19(21)23-15(3)20(4)16-8-6-5-7-9-16/h5-15H,1-4H3. The van der Waals surface area contributed by atoms with E-state index in [0.717, 1.165) is 11.4 Å². The fourth-order valence-electron chi connectivity index (χ4n) is 2.07. The topological polar surface area (TPSA) is 48.0 Å². The minimum Gasteiger partial charge on any atom is -0.491 e. The van der Waals surface area contributed by atoms with Gasteiger partial charge < -0.3 is 19.1 Å². The first kappa shape index (κ1) is 17.7. The van der Waals surface area contributed by atoms with Crippen LogP contribution in [-0.4, -0.2) is 25.5 Å². The zero-order valence-corrected chi connectivity index (χ0v) is 14.4. The summed E-state index contributed by atoms with van der Waals surface area (Å²) in [6, 6.07) is 16.5. The van der Waals surface area contributed by atoms with Crippen molar-refractivity contribution in [1.29, 1.82) is 0 Å². The van der Waals surface area contributed by atoms with Gasteiger partial charge in [-0.1, -0.05) is 18.2 Å². The van der Waals surface area contributed by atoms with E-state index in [-0.39, 0.29) is 6.10 Å². The number of hydrogen-bond donors (Lipinski definition) is 0. The monoisotopic (exact) mass is 329 g/mol. The van der Waals surface area contributed by atoms with Crippen molar-refractivity contribution in [2.45, 2.75) is 33.1 Å². The molecule has 0 aliphatic rings. The molecule has 0 saturated heterocycles. The van der Waals surface area contributed by atoms with Gasteiger partial charge >= 0.3 is 6.16 Å². The van der Waals surface area contributed by atoms with Crippen LogP contribution in [0.5, 0.6) is 11.5 Å². The second kappa shape index (κ2) is 8.24. The summed E-state index contributed by atoms with van der Waals surface area (Å²) in [5.41, 5.74) is 0.952. The Bertz CT molecular complexity index is 640. The zero-order chi connectivity index (χ0) is 17.5. The Labute approximate surface area is 142 Å². The first-order valence-electron chi connectivity index (χ1n) is 7.89. The second-order valence-corrected chi connectivity index (χ2v) is 5.65. The maximum atomic E-state index is 11.9.